The minimum Gasteiger partial charge on any atom is -0.207 e. The molecule has 0 radical (unpaired) electrons. The average molecular weight is 439 g/mol. The van der Waals surface area contributed by atoms with Gasteiger partial charge in [-0.2, -0.15) is 0 Å². The summed E-state index contributed by atoms with van der Waals surface area (Å²) < 4.78 is 14.3. The minimum atomic E-state index is -0.0782. The van der Waals surface area contributed by atoms with Crippen molar-refractivity contribution >= 4 is 0 Å². The largest absolute Gasteiger partial charge is 0.207 e. The van der Waals surface area contributed by atoms with Crippen molar-refractivity contribution in [2.45, 2.75) is 123 Å². The van der Waals surface area contributed by atoms with E-state index in [0.717, 1.165) is 48.1 Å². The second-order valence-electron chi connectivity index (χ2n) is 10.8. The molecule has 1 aromatic carbocycles. The molecule has 0 aromatic heterocycles. The van der Waals surface area contributed by atoms with Gasteiger partial charge in [-0.1, -0.05) is 89.5 Å². The first kappa shape index (κ1) is 25.3. The number of halogens is 1. The third-order valence-electron chi connectivity index (χ3n) is 8.32. The van der Waals surface area contributed by atoms with Crippen LogP contribution in [0, 0.1) is 41.3 Å². The summed E-state index contributed by atoms with van der Waals surface area (Å²) >= 11 is 0. The number of benzene rings is 1. The Bertz CT molecular complexity index is 708. The van der Waals surface area contributed by atoms with E-state index in [1.165, 1.54) is 89.9 Å². The quantitative estimate of drug-likeness (QED) is 0.252. The first-order valence-electron chi connectivity index (χ1n) is 14.0. The normalized spacial score (nSPS) is 25.8. The van der Waals surface area contributed by atoms with Crippen molar-refractivity contribution < 1.29 is 4.39 Å². The third-order valence-corrected chi connectivity index (χ3v) is 8.32. The maximum Gasteiger partial charge on any atom is 0.127 e. The molecule has 3 rings (SSSR count). The van der Waals surface area contributed by atoms with Crippen LogP contribution >= 0.6 is 0 Å². The monoisotopic (exact) mass is 438 g/mol. The average Bonchev–Trinajstić information content (AvgIpc) is 2.83. The van der Waals surface area contributed by atoms with Gasteiger partial charge in [-0.25, -0.2) is 4.39 Å². The van der Waals surface area contributed by atoms with Crippen LogP contribution in [0.2, 0.25) is 0 Å². The summed E-state index contributed by atoms with van der Waals surface area (Å²) in [7, 11) is 0. The summed E-state index contributed by atoms with van der Waals surface area (Å²) in [5.41, 5.74) is 1.68. The lowest BCUT2D eigenvalue weighted by Crippen LogP contribution is -2.25. The van der Waals surface area contributed by atoms with Crippen molar-refractivity contribution in [3.63, 3.8) is 0 Å². The van der Waals surface area contributed by atoms with E-state index in [4.69, 9.17) is 0 Å². The van der Waals surface area contributed by atoms with E-state index in [1.807, 2.05) is 12.1 Å². The molecule has 0 unspecified atom stereocenters. The predicted molar refractivity (Wildman–Crippen MR) is 136 cm³/mol. The van der Waals surface area contributed by atoms with E-state index in [0.29, 0.717) is 5.92 Å². The molecule has 2 fully saturated rings. The molecule has 2 aliphatic rings. The van der Waals surface area contributed by atoms with Crippen LogP contribution in [0.1, 0.15) is 128 Å². The van der Waals surface area contributed by atoms with E-state index >= 15 is 0 Å². The molecule has 178 valence electrons. The van der Waals surface area contributed by atoms with Crippen LogP contribution in [0.3, 0.4) is 0 Å². The maximum absolute atomic E-state index is 14.3. The van der Waals surface area contributed by atoms with Crippen molar-refractivity contribution in [3.05, 3.63) is 35.1 Å². The summed E-state index contributed by atoms with van der Waals surface area (Å²) in [4.78, 5) is 0. The summed E-state index contributed by atoms with van der Waals surface area (Å²) in [6.07, 6.45) is 22.7. The van der Waals surface area contributed by atoms with E-state index in [9.17, 15) is 4.39 Å². The molecule has 2 saturated carbocycles. The number of hydrogen-bond donors (Lipinski definition) is 0. The Morgan fingerprint density at radius 2 is 1.44 bits per heavy atom. The van der Waals surface area contributed by atoms with E-state index < -0.39 is 0 Å². The lowest BCUT2D eigenvalue weighted by Gasteiger charge is -2.37. The van der Waals surface area contributed by atoms with Gasteiger partial charge in [-0.15, -0.1) is 0 Å². The van der Waals surface area contributed by atoms with Crippen LogP contribution < -0.4 is 0 Å². The SMILES string of the molecule is CCCCCCC[C@H]1CC[C@H](C2CCC(C#Cc3ccc(CCCC)c(F)c3)CC2)CC1. The van der Waals surface area contributed by atoms with Crippen molar-refractivity contribution in [2.75, 3.05) is 0 Å². The van der Waals surface area contributed by atoms with Gasteiger partial charge in [-0.3, -0.25) is 0 Å². The highest BCUT2D eigenvalue weighted by atomic mass is 19.1. The number of rotatable bonds is 10. The molecule has 0 N–H and O–H groups in total. The summed E-state index contributed by atoms with van der Waals surface area (Å²) in [5, 5.41) is 0. The molecule has 0 amide bonds. The minimum absolute atomic E-state index is 0.0782. The Labute approximate surface area is 198 Å². The highest BCUT2D eigenvalue weighted by molar-refractivity contribution is 5.37. The van der Waals surface area contributed by atoms with Crippen LogP contribution in [-0.2, 0) is 6.42 Å². The second kappa shape index (κ2) is 14.1. The zero-order valence-corrected chi connectivity index (χ0v) is 20.9. The van der Waals surface area contributed by atoms with Gasteiger partial charge in [-0.05, 0) is 86.8 Å². The van der Waals surface area contributed by atoms with Gasteiger partial charge in [0, 0.05) is 11.5 Å². The Morgan fingerprint density at radius 1 is 0.781 bits per heavy atom. The van der Waals surface area contributed by atoms with Crippen LogP contribution in [-0.4, -0.2) is 0 Å². The molecule has 0 atom stereocenters. The molecule has 2 aliphatic carbocycles. The molecule has 0 aliphatic heterocycles. The lowest BCUT2D eigenvalue weighted by molar-refractivity contribution is 0.153. The van der Waals surface area contributed by atoms with Crippen LogP contribution in [0.4, 0.5) is 4.39 Å². The van der Waals surface area contributed by atoms with Crippen molar-refractivity contribution in [3.8, 4) is 11.8 Å². The number of unbranched alkanes of at least 4 members (excludes halogenated alkanes) is 5. The van der Waals surface area contributed by atoms with E-state index in [1.54, 1.807) is 6.07 Å². The summed E-state index contributed by atoms with van der Waals surface area (Å²) in [6.45, 7) is 4.45. The summed E-state index contributed by atoms with van der Waals surface area (Å²) in [6, 6.07) is 5.59. The topological polar surface area (TPSA) is 0 Å². The Morgan fingerprint density at radius 3 is 2.09 bits per heavy atom. The highest BCUT2D eigenvalue weighted by Crippen LogP contribution is 2.42. The number of aryl methyl sites for hydroxylation is 1. The standard InChI is InChI=1S/C31H47F/c1-3-5-7-8-9-10-25-14-19-28(20-15-25)29-21-16-26(17-22-29)12-13-27-18-23-30(11-6-4-2)31(32)24-27/h18,23-26,28-29H,3-11,14-17,19-22H2,1-2H3/t25-,26?,28-,29?. The fourth-order valence-corrected chi connectivity index (χ4v) is 6.10. The maximum atomic E-state index is 14.3. The fourth-order valence-electron chi connectivity index (χ4n) is 6.10. The molecule has 0 bridgehead atoms. The predicted octanol–water partition coefficient (Wildman–Crippen LogP) is 9.49. The highest BCUT2D eigenvalue weighted by Gasteiger charge is 2.30. The van der Waals surface area contributed by atoms with Crippen molar-refractivity contribution in [2.24, 2.45) is 23.7 Å². The first-order chi connectivity index (χ1) is 15.7. The zero-order valence-electron chi connectivity index (χ0n) is 20.9. The lowest BCUT2D eigenvalue weighted by atomic mass is 9.69. The molecule has 1 aromatic rings. The molecule has 0 saturated heterocycles. The van der Waals surface area contributed by atoms with Gasteiger partial charge >= 0.3 is 0 Å². The van der Waals surface area contributed by atoms with Gasteiger partial charge in [0.25, 0.3) is 0 Å². The van der Waals surface area contributed by atoms with Gasteiger partial charge < -0.3 is 0 Å². The van der Waals surface area contributed by atoms with Gasteiger partial charge in [0.2, 0.25) is 0 Å². The van der Waals surface area contributed by atoms with Crippen LogP contribution in [0.15, 0.2) is 18.2 Å². The first-order valence-corrected chi connectivity index (χ1v) is 14.0. The molecular formula is C31H47F. The van der Waals surface area contributed by atoms with Crippen LogP contribution in [0.25, 0.3) is 0 Å². The zero-order chi connectivity index (χ0) is 22.6. The van der Waals surface area contributed by atoms with Crippen molar-refractivity contribution in [1.29, 1.82) is 0 Å². The van der Waals surface area contributed by atoms with E-state index in [2.05, 4.69) is 25.7 Å². The van der Waals surface area contributed by atoms with Crippen molar-refractivity contribution in [1.82, 2.24) is 0 Å². The number of hydrogen-bond acceptors (Lipinski definition) is 0. The summed E-state index contributed by atoms with van der Waals surface area (Å²) in [5.74, 6) is 10.1. The molecule has 0 spiro atoms. The third kappa shape index (κ3) is 8.24. The van der Waals surface area contributed by atoms with Gasteiger partial charge in [0.15, 0.2) is 0 Å². The molecule has 0 nitrogen and oxygen atoms in total. The smallest absolute Gasteiger partial charge is 0.127 e. The molecule has 1 heteroatoms. The molecular weight excluding hydrogens is 391 g/mol. The van der Waals surface area contributed by atoms with Gasteiger partial charge in [0.05, 0.1) is 0 Å². The second-order valence-corrected chi connectivity index (χ2v) is 10.8. The Kier molecular flexibility index (Phi) is 11.1. The van der Waals surface area contributed by atoms with E-state index in [-0.39, 0.29) is 5.82 Å². The Hall–Kier alpha value is -1.29. The molecule has 0 heterocycles. The Balaban J connectivity index is 1.36. The van der Waals surface area contributed by atoms with Gasteiger partial charge in [0.1, 0.15) is 5.82 Å². The molecule has 32 heavy (non-hydrogen) atoms. The van der Waals surface area contributed by atoms with Crippen LogP contribution in [0.5, 0.6) is 0 Å². The fraction of sp³-hybridized carbons (Fsp3) is 0.742.